The quantitative estimate of drug-likeness (QED) is 0.832. The van der Waals surface area contributed by atoms with E-state index in [9.17, 15) is 0 Å². The van der Waals surface area contributed by atoms with E-state index in [-0.39, 0.29) is 0 Å². The summed E-state index contributed by atoms with van der Waals surface area (Å²) in [4.78, 5) is 4.17. The molecule has 0 radical (unpaired) electrons. The van der Waals surface area contributed by atoms with Gasteiger partial charge in [0.2, 0.25) is 0 Å². The number of nitrogens with one attached hydrogen (secondary N) is 1. The highest BCUT2D eigenvalue weighted by Crippen LogP contribution is 2.21. The second-order valence-electron chi connectivity index (χ2n) is 2.95. The first-order valence-electron chi connectivity index (χ1n) is 4.75. The Kier molecular flexibility index (Phi) is 5.52. The molecule has 14 heavy (non-hydrogen) atoms. The van der Waals surface area contributed by atoms with Gasteiger partial charge in [-0.1, -0.05) is 25.8 Å². The normalized spacial score (nSPS) is 12.8. The smallest absolute Gasteiger partial charge is 0.0434 e. The maximum absolute atomic E-state index is 4.17. The summed E-state index contributed by atoms with van der Waals surface area (Å²) in [5, 5.41) is 0. The molecule has 1 aromatic rings. The SMILES string of the molecule is CCSNC(CC)c1cncc(Br)c1. The number of nitrogens with zero attached hydrogens (tertiary/aromatic N) is 1. The Labute approximate surface area is 98.2 Å². The highest BCUT2D eigenvalue weighted by molar-refractivity contribution is 9.10. The average molecular weight is 275 g/mol. The third kappa shape index (κ3) is 3.59. The van der Waals surface area contributed by atoms with Crippen molar-refractivity contribution < 1.29 is 0 Å². The zero-order valence-electron chi connectivity index (χ0n) is 8.46. The molecular formula is C10H15BrN2S. The molecule has 0 bridgehead atoms. The van der Waals surface area contributed by atoms with Crippen LogP contribution in [0.5, 0.6) is 0 Å². The van der Waals surface area contributed by atoms with E-state index in [4.69, 9.17) is 0 Å². The summed E-state index contributed by atoms with van der Waals surface area (Å²) in [6.07, 6.45) is 4.80. The van der Waals surface area contributed by atoms with Crippen molar-refractivity contribution in [3.63, 3.8) is 0 Å². The van der Waals surface area contributed by atoms with Gasteiger partial charge < -0.3 is 0 Å². The van der Waals surface area contributed by atoms with Gasteiger partial charge in [-0.3, -0.25) is 9.71 Å². The molecule has 0 aliphatic heterocycles. The van der Waals surface area contributed by atoms with Gasteiger partial charge in [-0.25, -0.2) is 0 Å². The molecule has 78 valence electrons. The maximum atomic E-state index is 4.17. The van der Waals surface area contributed by atoms with Crippen LogP contribution in [-0.4, -0.2) is 10.7 Å². The van der Waals surface area contributed by atoms with Gasteiger partial charge in [-0.2, -0.15) is 0 Å². The lowest BCUT2D eigenvalue weighted by molar-refractivity contribution is 0.649. The van der Waals surface area contributed by atoms with E-state index >= 15 is 0 Å². The van der Waals surface area contributed by atoms with Gasteiger partial charge in [0, 0.05) is 28.7 Å². The molecule has 1 rings (SSSR count). The molecule has 1 aromatic heterocycles. The lowest BCUT2D eigenvalue weighted by Gasteiger charge is -2.15. The minimum atomic E-state index is 0.393. The topological polar surface area (TPSA) is 24.9 Å². The lowest BCUT2D eigenvalue weighted by Crippen LogP contribution is -2.13. The molecule has 0 aromatic carbocycles. The van der Waals surface area contributed by atoms with Gasteiger partial charge in [-0.05, 0) is 34.0 Å². The zero-order valence-corrected chi connectivity index (χ0v) is 10.9. The molecule has 0 saturated heterocycles. The van der Waals surface area contributed by atoms with Crippen molar-refractivity contribution in [2.24, 2.45) is 0 Å². The molecule has 0 fully saturated rings. The van der Waals surface area contributed by atoms with E-state index in [1.165, 1.54) is 5.56 Å². The van der Waals surface area contributed by atoms with Crippen molar-refractivity contribution in [1.29, 1.82) is 0 Å². The van der Waals surface area contributed by atoms with Gasteiger partial charge in [0.05, 0.1) is 0 Å². The summed E-state index contributed by atoms with van der Waals surface area (Å²) in [5.41, 5.74) is 1.24. The van der Waals surface area contributed by atoms with Gasteiger partial charge in [0.1, 0.15) is 0 Å². The van der Waals surface area contributed by atoms with Crippen LogP contribution in [0.2, 0.25) is 0 Å². The predicted octanol–water partition coefficient (Wildman–Crippen LogP) is 3.55. The zero-order chi connectivity index (χ0) is 10.4. The van der Waals surface area contributed by atoms with Gasteiger partial charge in [0.25, 0.3) is 0 Å². The third-order valence-corrected chi connectivity index (χ3v) is 3.08. The number of halogens is 1. The molecule has 0 spiro atoms. The number of rotatable bonds is 5. The summed E-state index contributed by atoms with van der Waals surface area (Å²) in [5.74, 6) is 1.08. The van der Waals surface area contributed by atoms with Crippen molar-refractivity contribution >= 4 is 27.9 Å². The summed E-state index contributed by atoms with van der Waals surface area (Å²) in [7, 11) is 0. The van der Waals surface area contributed by atoms with Crippen LogP contribution in [0.3, 0.4) is 0 Å². The molecular weight excluding hydrogens is 260 g/mol. The Bertz CT molecular complexity index is 281. The van der Waals surface area contributed by atoms with Crippen LogP contribution in [0, 0.1) is 0 Å². The van der Waals surface area contributed by atoms with Crippen LogP contribution in [0.1, 0.15) is 31.9 Å². The Hall–Kier alpha value is -0.0600. The number of hydrogen-bond donors (Lipinski definition) is 1. The standard InChI is InChI=1S/C10H15BrN2S/c1-3-10(13-14-4-2)8-5-9(11)7-12-6-8/h5-7,10,13H,3-4H2,1-2H3. The maximum Gasteiger partial charge on any atom is 0.0434 e. The summed E-state index contributed by atoms with van der Waals surface area (Å²) in [6.45, 7) is 4.32. The van der Waals surface area contributed by atoms with Crippen molar-refractivity contribution in [2.75, 3.05) is 5.75 Å². The predicted molar refractivity (Wildman–Crippen MR) is 66.2 cm³/mol. The van der Waals surface area contributed by atoms with Gasteiger partial charge in [-0.15, -0.1) is 0 Å². The van der Waals surface area contributed by atoms with Crippen LogP contribution in [-0.2, 0) is 0 Å². The van der Waals surface area contributed by atoms with Crippen molar-refractivity contribution in [3.8, 4) is 0 Å². The average Bonchev–Trinajstić information content (AvgIpc) is 2.19. The van der Waals surface area contributed by atoms with Crippen molar-refractivity contribution in [3.05, 3.63) is 28.5 Å². The second-order valence-corrected chi connectivity index (χ2v) is 4.97. The molecule has 1 N–H and O–H groups in total. The van der Waals surface area contributed by atoms with Crippen LogP contribution >= 0.6 is 27.9 Å². The Morgan fingerprint density at radius 3 is 2.86 bits per heavy atom. The lowest BCUT2D eigenvalue weighted by atomic mass is 10.1. The van der Waals surface area contributed by atoms with Crippen molar-refractivity contribution in [2.45, 2.75) is 26.3 Å². The Balaban J connectivity index is 2.68. The first-order chi connectivity index (χ1) is 6.77. The molecule has 0 saturated carbocycles. The Morgan fingerprint density at radius 2 is 2.29 bits per heavy atom. The molecule has 4 heteroatoms. The van der Waals surface area contributed by atoms with Crippen LogP contribution in [0.25, 0.3) is 0 Å². The number of hydrogen-bond acceptors (Lipinski definition) is 3. The van der Waals surface area contributed by atoms with E-state index in [0.29, 0.717) is 6.04 Å². The molecule has 2 nitrogen and oxygen atoms in total. The molecule has 1 atom stereocenters. The van der Waals surface area contributed by atoms with E-state index in [1.807, 2.05) is 12.4 Å². The fraction of sp³-hybridized carbons (Fsp3) is 0.500. The minimum Gasteiger partial charge on any atom is -0.263 e. The van der Waals surface area contributed by atoms with E-state index < -0.39 is 0 Å². The number of pyridine rings is 1. The second kappa shape index (κ2) is 6.43. The van der Waals surface area contributed by atoms with E-state index in [2.05, 4.69) is 45.5 Å². The van der Waals surface area contributed by atoms with Crippen LogP contribution in [0.15, 0.2) is 22.9 Å². The molecule has 0 aliphatic rings. The Morgan fingerprint density at radius 1 is 1.50 bits per heavy atom. The number of aromatic nitrogens is 1. The largest absolute Gasteiger partial charge is 0.263 e. The monoisotopic (exact) mass is 274 g/mol. The van der Waals surface area contributed by atoms with Crippen LogP contribution in [0.4, 0.5) is 0 Å². The van der Waals surface area contributed by atoms with Crippen LogP contribution < -0.4 is 4.72 Å². The first kappa shape index (κ1) is 12.0. The van der Waals surface area contributed by atoms with Gasteiger partial charge >= 0.3 is 0 Å². The fourth-order valence-electron chi connectivity index (χ4n) is 1.19. The molecule has 0 amide bonds. The molecule has 1 unspecified atom stereocenters. The van der Waals surface area contributed by atoms with E-state index in [0.717, 1.165) is 16.6 Å². The fourth-order valence-corrected chi connectivity index (χ4v) is 2.24. The summed E-state index contributed by atoms with van der Waals surface area (Å²) >= 11 is 5.18. The minimum absolute atomic E-state index is 0.393. The van der Waals surface area contributed by atoms with E-state index in [1.54, 1.807) is 11.9 Å². The molecule has 1 heterocycles. The van der Waals surface area contributed by atoms with Gasteiger partial charge in [0.15, 0.2) is 0 Å². The third-order valence-electron chi connectivity index (χ3n) is 1.91. The van der Waals surface area contributed by atoms with Crippen molar-refractivity contribution in [1.82, 2.24) is 9.71 Å². The molecule has 0 aliphatic carbocycles. The first-order valence-corrected chi connectivity index (χ1v) is 6.53. The highest BCUT2D eigenvalue weighted by atomic mass is 79.9. The summed E-state index contributed by atoms with van der Waals surface area (Å²) in [6, 6.07) is 2.51. The highest BCUT2D eigenvalue weighted by Gasteiger charge is 2.08. The summed E-state index contributed by atoms with van der Waals surface area (Å²) < 4.78 is 4.46.